The highest BCUT2D eigenvalue weighted by molar-refractivity contribution is 5.43. The van der Waals surface area contributed by atoms with Gasteiger partial charge in [0.25, 0.3) is 0 Å². The van der Waals surface area contributed by atoms with Crippen LogP contribution in [0.25, 0.3) is 0 Å². The van der Waals surface area contributed by atoms with Crippen LogP contribution >= 0.6 is 0 Å². The molecular weight excluding hydrogens is 216 g/mol. The summed E-state index contributed by atoms with van der Waals surface area (Å²) in [4.78, 5) is 0. The maximum absolute atomic E-state index is 8.96. The SMILES string of the molecule is CCO[C@@H]1[C@@H](C)[C@H]2CCC(=C(C#N)C#N)[C@@H]1O2. The van der Waals surface area contributed by atoms with Gasteiger partial charge in [-0.15, -0.1) is 0 Å². The summed E-state index contributed by atoms with van der Waals surface area (Å²) in [6, 6.07) is 3.93. The van der Waals surface area contributed by atoms with E-state index in [4.69, 9.17) is 20.0 Å². The molecule has 4 heteroatoms. The fourth-order valence-corrected chi connectivity index (χ4v) is 2.80. The van der Waals surface area contributed by atoms with Gasteiger partial charge in [0.2, 0.25) is 0 Å². The van der Waals surface area contributed by atoms with Crippen molar-refractivity contribution in [1.29, 1.82) is 10.5 Å². The molecule has 2 fully saturated rings. The summed E-state index contributed by atoms with van der Waals surface area (Å²) in [6.07, 6.45) is 1.65. The second-order valence-electron chi connectivity index (χ2n) is 4.54. The number of rotatable bonds is 2. The molecule has 0 aliphatic carbocycles. The van der Waals surface area contributed by atoms with Crippen LogP contribution in [0, 0.1) is 28.6 Å². The Morgan fingerprint density at radius 3 is 2.76 bits per heavy atom. The molecule has 0 aromatic heterocycles. The second kappa shape index (κ2) is 4.87. The zero-order chi connectivity index (χ0) is 12.4. The van der Waals surface area contributed by atoms with Gasteiger partial charge in [0.05, 0.1) is 12.2 Å². The summed E-state index contributed by atoms with van der Waals surface area (Å²) in [5, 5.41) is 17.9. The van der Waals surface area contributed by atoms with Crippen molar-refractivity contribution in [3.05, 3.63) is 11.1 Å². The van der Waals surface area contributed by atoms with Crippen molar-refractivity contribution in [2.45, 2.75) is 45.0 Å². The Morgan fingerprint density at radius 2 is 2.18 bits per heavy atom. The van der Waals surface area contributed by atoms with E-state index in [9.17, 15) is 0 Å². The average Bonchev–Trinajstić information content (AvgIpc) is 2.59. The zero-order valence-corrected chi connectivity index (χ0v) is 10.1. The third kappa shape index (κ3) is 1.95. The Labute approximate surface area is 101 Å². The first-order valence-electron chi connectivity index (χ1n) is 6.03. The van der Waals surface area contributed by atoms with Gasteiger partial charge in [0, 0.05) is 12.5 Å². The largest absolute Gasteiger partial charge is 0.375 e. The van der Waals surface area contributed by atoms with Crippen LogP contribution in [-0.2, 0) is 9.47 Å². The molecule has 0 N–H and O–H groups in total. The Kier molecular flexibility index (Phi) is 3.47. The topological polar surface area (TPSA) is 66.0 Å². The van der Waals surface area contributed by atoms with Crippen molar-refractivity contribution in [2.24, 2.45) is 5.92 Å². The molecule has 2 aliphatic rings. The molecule has 0 aromatic rings. The number of hydrogen-bond donors (Lipinski definition) is 0. The predicted molar refractivity (Wildman–Crippen MR) is 60.7 cm³/mol. The molecule has 0 saturated carbocycles. The molecular formula is C13H16N2O2. The smallest absolute Gasteiger partial charge is 0.131 e. The summed E-state index contributed by atoms with van der Waals surface area (Å²) >= 11 is 0. The van der Waals surface area contributed by atoms with Crippen LogP contribution in [0.4, 0.5) is 0 Å². The molecule has 0 amide bonds. The minimum absolute atomic E-state index is 0.0146. The lowest BCUT2D eigenvalue weighted by Crippen LogP contribution is -2.30. The number of nitriles is 2. The first-order chi connectivity index (χ1) is 8.22. The van der Waals surface area contributed by atoms with E-state index in [2.05, 4.69) is 6.92 Å². The Balaban J connectivity index is 2.33. The summed E-state index contributed by atoms with van der Waals surface area (Å²) in [6.45, 7) is 4.70. The van der Waals surface area contributed by atoms with Gasteiger partial charge in [-0.3, -0.25) is 0 Å². The predicted octanol–water partition coefficient (Wildman–Crippen LogP) is 1.93. The van der Waals surface area contributed by atoms with Crippen molar-refractivity contribution in [1.82, 2.24) is 0 Å². The van der Waals surface area contributed by atoms with Gasteiger partial charge in [-0.25, -0.2) is 0 Å². The average molecular weight is 232 g/mol. The van der Waals surface area contributed by atoms with E-state index in [1.807, 2.05) is 19.1 Å². The summed E-state index contributed by atoms with van der Waals surface area (Å²) in [7, 11) is 0. The van der Waals surface area contributed by atoms with E-state index in [1.165, 1.54) is 0 Å². The number of hydrogen-bond acceptors (Lipinski definition) is 4. The molecule has 2 aliphatic heterocycles. The van der Waals surface area contributed by atoms with Crippen LogP contribution in [0.15, 0.2) is 11.1 Å². The Morgan fingerprint density at radius 1 is 1.47 bits per heavy atom. The lowest BCUT2D eigenvalue weighted by Gasteiger charge is -2.25. The van der Waals surface area contributed by atoms with Gasteiger partial charge >= 0.3 is 0 Å². The first-order valence-corrected chi connectivity index (χ1v) is 6.03. The highest BCUT2D eigenvalue weighted by Gasteiger charge is 2.47. The third-order valence-corrected chi connectivity index (χ3v) is 3.67. The highest BCUT2D eigenvalue weighted by atomic mass is 16.6. The molecule has 2 heterocycles. The quantitative estimate of drug-likeness (QED) is 0.682. The van der Waals surface area contributed by atoms with Crippen molar-refractivity contribution in [3.63, 3.8) is 0 Å². The van der Waals surface area contributed by atoms with E-state index >= 15 is 0 Å². The van der Waals surface area contributed by atoms with Crippen LogP contribution in [0.1, 0.15) is 26.7 Å². The molecule has 17 heavy (non-hydrogen) atoms. The van der Waals surface area contributed by atoms with Crippen LogP contribution in [-0.4, -0.2) is 24.9 Å². The molecule has 90 valence electrons. The summed E-state index contributed by atoms with van der Waals surface area (Å²) < 4.78 is 11.6. The van der Waals surface area contributed by atoms with Gasteiger partial charge < -0.3 is 9.47 Å². The zero-order valence-electron chi connectivity index (χ0n) is 10.1. The van der Waals surface area contributed by atoms with Crippen molar-refractivity contribution in [3.8, 4) is 12.1 Å². The van der Waals surface area contributed by atoms with Crippen LogP contribution < -0.4 is 0 Å². The normalized spacial score (nSPS) is 35.2. The van der Waals surface area contributed by atoms with E-state index in [-0.39, 0.29) is 23.9 Å². The fraction of sp³-hybridized carbons (Fsp3) is 0.692. The molecule has 0 spiro atoms. The Hall–Kier alpha value is -1.36. The second-order valence-corrected chi connectivity index (χ2v) is 4.54. The van der Waals surface area contributed by atoms with Gasteiger partial charge in [-0.2, -0.15) is 10.5 Å². The van der Waals surface area contributed by atoms with E-state index in [1.54, 1.807) is 0 Å². The van der Waals surface area contributed by atoms with E-state index in [0.717, 1.165) is 18.4 Å². The molecule has 4 atom stereocenters. The van der Waals surface area contributed by atoms with Crippen molar-refractivity contribution < 1.29 is 9.47 Å². The maximum atomic E-state index is 8.96. The van der Waals surface area contributed by atoms with Gasteiger partial charge in [0.1, 0.15) is 23.8 Å². The molecule has 4 nitrogen and oxygen atoms in total. The molecule has 2 bridgehead atoms. The number of allylic oxidation sites excluding steroid dienone is 1. The summed E-state index contributed by atoms with van der Waals surface area (Å²) in [5.41, 5.74) is 1.03. The number of fused-ring (bicyclic) bond motifs is 2. The molecule has 0 unspecified atom stereocenters. The fourth-order valence-electron chi connectivity index (χ4n) is 2.80. The minimum atomic E-state index is -0.196. The van der Waals surface area contributed by atoms with E-state index < -0.39 is 0 Å². The molecule has 0 aromatic carbocycles. The third-order valence-electron chi connectivity index (χ3n) is 3.67. The summed E-state index contributed by atoms with van der Waals surface area (Å²) in [5.74, 6) is 0.330. The van der Waals surface area contributed by atoms with Crippen LogP contribution in [0.5, 0.6) is 0 Å². The van der Waals surface area contributed by atoms with Crippen molar-refractivity contribution >= 4 is 0 Å². The Bertz CT molecular complexity index is 400. The maximum Gasteiger partial charge on any atom is 0.131 e. The lowest BCUT2D eigenvalue weighted by molar-refractivity contribution is -0.0149. The first kappa shape index (κ1) is 12.1. The molecule has 2 rings (SSSR count). The van der Waals surface area contributed by atoms with Crippen LogP contribution in [0.2, 0.25) is 0 Å². The van der Waals surface area contributed by atoms with Crippen LogP contribution in [0.3, 0.4) is 0 Å². The van der Waals surface area contributed by atoms with Gasteiger partial charge in [-0.05, 0) is 25.3 Å². The lowest BCUT2D eigenvalue weighted by atomic mass is 9.96. The standard InChI is InChI=1S/C13H16N2O2/c1-3-16-12-8(2)11-5-4-10(13(12)17-11)9(6-14)7-15/h8,11-13H,3-5H2,1-2H3/t8-,11+,12+,13-/m0/s1. The monoisotopic (exact) mass is 232 g/mol. The highest BCUT2D eigenvalue weighted by Crippen LogP contribution is 2.42. The van der Waals surface area contributed by atoms with Gasteiger partial charge in [0.15, 0.2) is 0 Å². The number of ether oxygens (including phenoxy) is 2. The van der Waals surface area contributed by atoms with Gasteiger partial charge in [-0.1, -0.05) is 6.92 Å². The van der Waals surface area contributed by atoms with Crippen molar-refractivity contribution in [2.75, 3.05) is 6.61 Å². The molecule has 0 radical (unpaired) electrons. The molecule has 2 saturated heterocycles. The van der Waals surface area contributed by atoms with E-state index in [0.29, 0.717) is 12.5 Å². The number of nitrogens with zero attached hydrogens (tertiary/aromatic N) is 2. The minimum Gasteiger partial charge on any atom is -0.375 e.